The van der Waals surface area contributed by atoms with Crippen LogP contribution in [0.4, 0.5) is 5.95 Å². The molecule has 1 aliphatic rings. The molecule has 5 rings (SSSR count). The molecule has 130 valence electrons. The maximum absolute atomic E-state index is 5.50. The van der Waals surface area contributed by atoms with Gasteiger partial charge in [0, 0.05) is 25.2 Å². The van der Waals surface area contributed by atoms with Gasteiger partial charge in [-0.05, 0) is 37.1 Å². The van der Waals surface area contributed by atoms with E-state index in [1.165, 1.54) is 0 Å². The lowest BCUT2D eigenvalue weighted by atomic mass is 9.97. The third-order valence-corrected chi connectivity index (χ3v) is 4.86. The molecule has 0 spiro atoms. The highest BCUT2D eigenvalue weighted by atomic mass is 16.5. The number of aromatic nitrogens is 5. The summed E-state index contributed by atoms with van der Waals surface area (Å²) in [6.07, 6.45) is 3.65. The average Bonchev–Trinajstić information content (AvgIpc) is 3.36. The molecule has 1 aliphatic heterocycles. The van der Waals surface area contributed by atoms with Crippen molar-refractivity contribution in [2.75, 3.05) is 18.0 Å². The fraction of sp³-hybridized carbons (Fsp3) is 0.263. The van der Waals surface area contributed by atoms with Gasteiger partial charge in [-0.3, -0.25) is 4.98 Å². The molecule has 1 N–H and O–H groups in total. The van der Waals surface area contributed by atoms with Crippen molar-refractivity contribution < 1.29 is 4.52 Å². The fourth-order valence-electron chi connectivity index (χ4n) is 3.43. The van der Waals surface area contributed by atoms with Crippen LogP contribution in [0.5, 0.6) is 0 Å². The number of aromatic amines is 1. The zero-order valence-corrected chi connectivity index (χ0v) is 14.2. The molecule has 0 aliphatic carbocycles. The summed E-state index contributed by atoms with van der Waals surface area (Å²) in [5.41, 5.74) is 2.81. The van der Waals surface area contributed by atoms with Gasteiger partial charge in [0.05, 0.1) is 11.0 Å². The van der Waals surface area contributed by atoms with Crippen LogP contribution in [0, 0.1) is 0 Å². The van der Waals surface area contributed by atoms with Gasteiger partial charge in [0.25, 0.3) is 0 Å². The van der Waals surface area contributed by atoms with Crippen molar-refractivity contribution in [1.82, 2.24) is 25.1 Å². The lowest BCUT2D eigenvalue weighted by Gasteiger charge is -2.29. The Hall–Kier alpha value is -3.22. The second kappa shape index (κ2) is 6.25. The van der Waals surface area contributed by atoms with Crippen LogP contribution in [0.25, 0.3) is 22.6 Å². The highest BCUT2D eigenvalue weighted by Gasteiger charge is 2.26. The molecule has 0 unspecified atom stereocenters. The number of rotatable bonds is 3. The lowest BCUT2D eigenvalue weighted by Crippen LogP contribution is -2.33. The van der Waals surface area contributed by atoms with Gasteiger partial charge in [0.15, 0.2) is 0 Å². The molecule has 26 heavy (non-hydrogen) atoms. The molecular formula is C19H18N6O. The lowest BCUT2D eigenvalue weighted by molar-refractivity contribution is 0.329. The Balaban J connectivity index is 1.29. The van der Waals surface area contributed by atoms with Gasteiger partial charge < -0.3 is 14.4 Å². The van der Waals surface area contributed by atoms with Crippen molar-refractivity contribution >= 4 is 17.0 Å². The largest absolute Gasteiger partial charge is 0.342 e. The van der Waals surface area contributed by atoms with Crippen molar-refractivity contribution in [3.8, 4) is 11.5 Å². The zero-order valence-electron chi connectivity index (χ0n) is 14.2. The third-order valence-electron chi connectivity index (χ3n) is 4.86. The van der Waals surface area contributed by atoms with Gasteiger partial charge in [0.2, 0.25) is 17.7 Å². The molecule has 3 aromatic heterocycles. The molecule has 0 radical (unpaired) electrons. The second-order valence-electron chi connectivity index (χ2n) is 6.51. The number of piperidine rings is 1. The summed E-state index contributed by atoms with van der Waals surface area (Å²) in [5.74, 6) is 2.47. The molecule has 0 bridgehead atoms. The first kappa shape index (κ1) is 15.1. The first-order valence-electron chi connectivity index (χ1n) is 8.81. The summed E-state index contributed by atoms with van der Waals surface area (Å²) in [7, 11) is 0. The predicted octanol–water partition coefficient (Wildman–Crippen LogP) is 3.39. The minimum absolute atomic E-state index is 0.278. The Bertz CT molecular complexity index is 984. The SMILES string of the molecule is c1ccc(-c2noc(C3CCN(c4nc5ccccc5[nH]4)CC3)n2)nc1. The highest BCUT2D eigenvalue weighted by molar-refractivity contribution is 5.77. The molecule has 1 saturated heterocycles. The van der Waals surface area contributed by atoms with E-state index in [0.29, 0.717) is 11.7 Å². The number of nitrogens with one attached hydrogen (secondary N) is 1. The zero-order chi connectivity index (χ0) is 17.3. The molecule has 7 heteroatoms. The monoisotopic (exact) mass is 346 g/mol. The van der Waals surface area contributed by atoms with Crippen LogP contribution in [0.2, 0.25) is 0 Å². The number of anilines is 1. The molecule has 7 nitrogen and oxygen atoms in total. The predicted molar refractivity (Wildman–Crippen MR) is 97.8 cm³/mol. The smallest absolute Gasteiger partial charge is 0.230 e. The van der Waals surface area contributed by atoms with E-state index in [4.69, 9.17) is 4.52 Å². The molecule has 0 amide bonds. The fourth-order valence-corrected chi connectivity index (χ4v) is 3.43. The van der Waals surface area contributed by atoms with Crippen molar-refractivity contribution in [3.63, 3.8) is 0 Å². The quantitative estimate of drug-likeness (QED) is 0.612. The van der Waals surface area contributed by atoms with Gasteiger partial charge >= 0.3 is 0 Å². The molecule has 4 aromatic rings. The van der Waals surface area contributed by atoms with E-state index < -0.39 is 0 Å². The summed E-state index contributed by atoms with van der Waals surface area (Å²) < 4.78 is 5.50. The number of benzene rings is 1. The van der Waals surface area contributed by atoms with Crippen LogP contribution < -0.4 is 4.90 Å². The molecule has 0 saturated carbocycles. The van der Waals surface area contributed by atoms with Crippen LogP contribution in [0.3, 0.4) is 0 Å². The molecule has 1 aromatic carbocycles. The Kier molecular flexibility index (Phi) is 3.62. The van der Waals surface area contributed by atoms with E-state index in [1.807, 2.05) is 36.4 Å². The third kappa shape index (κ3) is 2.71. The Morgan fingerprint density at radius 2 is 1.85 bits per heavy atom. The van der Waals surface area contributed by atoms with Gasteiger partial charge in [-0.25, -0.2) is 4.98 Å². The first-order chi connectivity index (χ1) is 12.9. The van der Waals surface area contributed by atoms with E-state index in [-0.39, 0.29) is 5.92 Å². The topological polar surface area (TPSA) is 83.7 Å². The van der Waals surface area contributed by atoms with E-state index in [1.54, 1.807) is 6.20 Å². The minimum Gasteiger partial charge on any atom is -0.342 e. The number of fused-ring (bicyclic) bond motifs is 1. The van der Waals surface area contributed by atoms with Gasteiger partial charge in [0.1, 0.15) is 5.69 Å². The molecule has 4 heterocycles. The summed E-state index contributed by atoms with van der Waals surface area (Å²) in [6.45, 7) is 1.82. The highest BCUT2D eigenvalue weighted by Crippen LogP contribution is 2.30. The van der Waals surface area contributed by atoms with Crippen molar-refractivity contribution in [2.45, 2.75) is 18.8 Å². The Labute approximate surface area is 150 Å². The van der Waals surface area contributed by atoms with Crippen LogP contribution in [0.1, 0.15) is 24.7 Å². The summed E-state index contributed by atoms with van der Waals surface area (Å²) in [5, 5.41) is 4.09. The van der Waals surface area contributed by atoms with Crippen molar-refractivity contribution in [2.24, 2.45) is 0 Å². The number of hydrogen-bond acceptors (Lipinski definition) is 6. The van der Waals surface area contributed by atoms with Crippen LogP contribution >= 0.6 is 0 Å². The maximum atomic E-state index is 5.50. The molecular weight excluding hydrogens is 328 g/mol. The summed E-state index contributed by atoms with van der Waals surface area (Å²) in [4.78, 5) is 19.2. The van der Waals surface area contributed by atoms with Crippen molar-refractivity contribution in [1.29, 1.82) is 0 Å². The number of para-hydroxylation sites is 2. The number of pyridine rings is 1. The second-order valence-corrected chi connectivity index (χ2v) is 6.51. The number of H-pyrrole nitrogens is 1. The van der Waals surface area contributed by atoms with Crippen molar-refractivity contribution in [3.05, 3.63) is 54.6 Å². The van der Waals surface area contributed by atoms with E-state index in [2.05, 4.69) is 36.1 Å². The van der Waals surface area contributed by atoms with Crippen LogP contribution in [-0.2, 0) is 0 Å². The Morgan fingerprint density at radius 3 is 2.65 bits per heavy atom. The summed E-state index contributed by atoms with van der Waals surface area (Å²) in [6, 6.07) is 13.8. The minimum atomic E-state index is 0.278. The van der Waals surface area contributed by atoms with Gasteiger partial charge in [-0.15, -0.1) is 0 Å². The number of imidazole rings is 1. The standard InChI is InChI=1S/C19H18N6O/c1-2-6-15-14(5-1)21-19(22-15)25-11-8-13(9-12-25)18-23-17(24-26-18)16-7-3-4-10-20-16/h1-7,10,13H,8-9,11-12H2,(H,21,22). The van der Waals surface area contributed by atoms with E-state index in [0.717, 1.165) is 48.6 Å². The molecule has 0 atom stereocenters. The molecule has 1 fully saturated rings. The first-order valence-corrected chi connectivity index (χ1v) is 8.81. The maximum Gasteiger partial charge on any atom is 0.230 e. The number of nitrogens with zero attached hydrogens (tertiary/aromatic N) is 5. The van der Waals surface area contributed by atoms with Gasteiger partial charge in [-0.2, -0.15) is 4.98 Å². The summed E-state index contributed by atoms with van der Waals surface area (Å²) >= 11 is 0. The van der Waals surface area contributed by atoms with Crippen LogP contribution in [-0.4, -0.2) is 38.2 Å². The number of hydrogen-bond donors (Lipinski definition) is 1. The van der Waals surface area contributed by atoms with E-state index >= 15 is 0 Å². The Morgan fingerprint density at radius 1 is 1.00 bits per heavy atom. The average molecular weight is 346 g/mol. The van der Waals surface area contributed by atoms with E-state index in [9.17, 15) is 0 Å². The van der Waals surface area contributed by atoms with Crippen LogP contribution in [0.15, 0.2) is 53.2 Å². The van der Waals surface area contributed by atoms with Gasteiger partial charge in [-0.1, -0.05) is 23.4 Å². The normalized spacial score (nSPS) is 15.6.